The number of likely N-dealkylation sites (tertiary alicyclic amines) is 1. The number of allylic oxidation sites excluding steroid dienone is 1. The highest BCUT2D eigenvalue weighted by Gasteiger charge is 2.30. The third-order valence-electron chi connectivity index (χ3n) is 7.20. The number of hydrogen-bond acceptors (Lipinski definition) is 4. The lowest BCUT2D eigenvalue weighted by Gasteiger charge is -2.31. The molecular formula is C30H32FNO3. The first-order valence-corrected chi connectivity index (χ1v) is 12.3. The Bertz CT molecular complexity index is 1190. The molecule has 4 nitrogen and oxygen atoms in total. The fraction of sp³-hybridized carbons (Fsp3) is 0.333. The van der Waals surface area contributed by atoms with Crippen molar-refractivity contribution in [2.24, 2.45) is 5.92 Å². The van der Waals surface area contributed by atoms with Gasteiger partial charge in [0, 0.05) is 29.6 Å². The molecule has 3 unspecified atom stereocenters. The van der Waals surface area contributed by atoms with Crippen LogP contribution in [0.15, 0.2) is 72.8 Å². The third-order valence-corrected chi connectivity index (χ3v) is 7.20. The summed E-state index contributed by atoms with van der Waals surface area (Å²) >= 11 is 0. The number of aromatic hydroxyl groups is 1. The SMILES string of the molecule is CC1=C(c2ccccc2)C(c2ccc(OCC(C)N3CCC(CF)C3)cc2)Oc2ccc(O)cc21. The molecule has 0 spiro atoms. The van der Waals surface area contributed by atoms with Gasteiger partial charge in [0.1, 0.15) is 30.0 Å². The Morgan fingerprint density at radius 1 is 1.09 bits per heavy atom. The largest absolute Gasteiger partial charge is 0.508 e. The maximum Gasteiger partial charge on any atom is 0.150 e. The predicted octanol–water partition coefficient (Wildman–Crippen LogP) is 6.52. The molecule has 0 saturated carbocycles. The van der Waals surface area contributed by atoms with Gasteiger partial charge in [-0.1, -0.05) is 42.5 Å². The van der Waals surface area contributed by atoms with Crippen molar-refractivity contribution < 1.29 is 19.0 Å². The summed E-state index contributed by atoms with van der Waals surface area (Å²) in [4.78, 5) is 2.31. The molecule has 0 amide bonds. The molecule has 3 atom stereocenters. The lowest BCUT2D eigenvalue weighted by Crippen LogP contribution is -2.35. The number of rotatable bonds is 7. The van der Waals surface area contributed by atoms with Crippen molar-refractivity contribution in [3.8, 4) is 17.2 Å². The van der Waals surface area contributed by atoms with Gasteiger partial charge in [-0.25, -0.2) is 0 Å². The summed E-state index contributed by atoms with van der Waals surface area (Å²) in [6, 6.07) is 23.8. The van der Waals surface area contributed by atoms with Crippen LogP contribution in [0.5, 0.6) is 17.2 Å². The minimum atomic E-state index is -0.273. The highest BCUT2D eigenvalue weighted by atomic mass is 19.1. The number of halogens is 1. The van der Waals surface area contributed by atoms with Crippen LogP contribution < -0.4 is 9.47 Å². The van der Waals surface area contributed by atoms with Crippen molar-refractivity contribution in [1.29, 1.82) is 0 Å². The molecule has 182 valence electrons. The van der Waals surface area contributed by atoms with Crippen molar-refractivity contribution in [1.82, 2.24) is 4.90 Å². The average Bonchev–Trinajstić information content (AvgIpc) is 3.38. The van der Waals surface area contributed by atoms with Gasteiger partial charge in [0.05, 0.1) is 6.67 Å². The van der Waals surface area contributed by atoms with Crippen LogP contribution in [0, 0.1) is 5.92 Å². The van der Waals surface area contributed by atoms with Crippen LogP contribution in [0.1, 0.15) is 43.1 Å². The second-order valence-corrected chi connectivity index (χ2v) is 9.62. The lowest BCUT2D eigenvalue weighted by atomic mass is 9.86. The van der Waals surface area contributed by atoms with Crippen molar-refractivity contribution in [3.05, 3.63) is 89.5 Å². The Hall–Kier alpha value is -3.31. The number of fused-ring (bicyclic) bond motifs is 1. The molecule has 2 aliphatic rings. The van der Waals surface area contributed by atoms with E-state index in [0.29, 0.717) is 6.61 Å². The number of hydrogen-bond donors (Lipinski definition) is 1. The number of alkyl halides is 1. The van der Waals surface area contributed by atoms with Crippen LogP contribution in [0.4, 0.5) is 4.39 Å². The van der Waals surface area contributed by atoms with Gasteiger partial charge in [0.2, 0.25) is 0 Å². The van der Waals surface area contributed by atoms with Crippen LogP contribution in [0.25, 0.3) is 11.1 Å². The molecular weight excluding hydrogens is 441 g/mol. The molecule has 3 aromatic carbocycles. The normalized spacial score (nSPS) is 20.9. The van der Waals surface area contributed by atoms with E-state index >= 15 is 0 Å². The van der Waals surface area contributed by atoms with Crippen LogP contribution in [-0.4, -0.2) is 42.4 Å². The van der Waals surface area contributed by atoms with Gasteiger partial charge in [0.25, 0.3) is 0 Å². The van der Waals surface area contributed by atoms with Gasteiger partial charge < -0.3 is 14.6 Å². The summed E-state index contributed by atoms with van der Waals surface area (Å²) in [5.41, 5.74) is 5.21. The second kappa shape index (κ2) is 10.1. The Morgan fingerprint density at radius 3 is 2.57 bits per heavy atom. The Balaban J connectivity index is 1.36. The Morgan fingerprint density at radius 2 is 1.86 bits per heavy atom. The molecule has 0 bridgehead atoms. The molecule has 35 heavy (non-hydrogen) atoms. The van der Waals surface area contributed by atoms with Gasteiger partial charge in [-0.05, 0) is 73.8 Å². The van der Waals surface area contributed by atoms with E-state index in [1.807, 2.05) is 36.4 Å². The molecule has 1 saturated heterocycles. The first-order valence-electron chi connectivity index (χ1n) is 12.3. The number of nitrogens with zero attached hydrogens (tertiary/aromatic N) is 1. The third kappa shape index (κ3) is 4.92. The summed E-state index contributed by atoms with van der Waals surface area (Å²) in [7, 11) is 0. The highest BCUT2D eigenvalue weighted by Crippen LogP contribution is 2.47. The molecule has 0 radical (unpaired) electrons. The van der Waals surface area contributed by atoms with E-state index in [-0.39, 0.29) is 30.5 Å². The zero-order chi connectivity index (χ0) is 24.4. The van der Waals surface area contributed by atoms with Crippen LogP contribution in [0.3, 0.4) is 0 Å². The quantitative estimate of drug-likeness (QED) is 0.424. The topological polar surface area (TPSA) is 41.9 Å². The predicted molar refractivity (Wildman–Crippen MR) is 137 cm³/mol. The number of phenols is 1. The first kappa shape index (κ1) is 23.4. The van der Waals surface area contributed by atoms with E-state index in [4.69, 9.17) is 9.47 Å². The average molecular weight is 474 g/mol. The van der Waals surface area contributed by atoms with Crippen LogP contribution >= 0.6 is 0 Å². The van der Waals surface area contributed by atoms with Crippen LogP contribution in [-0.2, 0) is 0 Å². The minimum Gasteiger partial charge on any atom is -0.508 e. The highest BCUT2D eigenvalue weighted by molar-refractivity contribution is 5.95. The molecule has 0 aromatic heterocycles. The summed E-state index contributed by atoms with van der Waals surface area (Å²) in [5.74, 6) is 1.96. The van der Waals surface area contributed by atoms with Gasteiger partial charge in [-0.2, -0.15) is 0 Å². The smallest absolute Gasteiger partial charge is 0.150 e. The van der Waals surface area contributed by atoms with E-state index in [2.05, 4.69) is 43.0 Å². The van der Waals surface area contributed by atoms with Crippen molar-refractivity contribution in [2.75, 3.05) is 26.4 Å². The van der Waals surface area contributed by atoms with Gasteiger partial charge >= 0.3 is 0 Å². The summed E-state index contributed by atoms with van der Waals surface area (Å²) in [5, 5.41) is 10.0. The number of ether oxygens (including phenoxy) is 2. The molecule has 2 heterocycles. The standard InChI is InChI=1S/C30H32FNO3/c1-20(32-15-14-22(17-31)18-32)19-34-26-11-8-24(9-12-26)30-29(23-6-4-3-5-7-23)21(2)27-16-25(33)10-13-28(27)35-30/h3-13,16,20,22,30,33H,14-15,17-19H2,1-2H3. The van der Waals surface area contributed by atoms with E-state index in [0.717, 1.165) is 58.8 Å². The van der Waals surface area contributed by atoms with Crippen LogP contribution in [0.2, 0.25) is 0 Å². The van der Waals surface area contributed by atoms with E-state index in [1.165, 1.54) is 0 Å². The number of phenolic OH excluding ortho intramolecular Hbond substituents is 1. The van der Waals surface area contributed by atoms with Crippen molar-refractivity contribution in [2.45, 2.75) is 32.4 Å². The van der Waals surface area contributed by atoms with Gasteiger partial charge in [-0.3, -0.25) is 9.29 Å². The maximum atomic E-state index is 13.0. The summed E-state index contributed by atoms with van der Waals surface area (Å²) < 4.78 is 25.5. The van der Waals surface area contributed by atoms with E-state index in [9.17, 15) is 9.50 Å². The second-order valence-electron chi connectivity index (χ2n) is 9.62. The molecule has 2 aliphatic heterocycles. The van der Waals surface area contributed by atoms with Crippen molar-refractivity contribution >= 4 is 11.1 Å². The van der Waals surface area contributed by atoms with E-state index < -0.39 is 0 Å². The monoisotopic (exact) mass is 473 g/mol. The fourth-order valence-corrected chi connectivity index (χ4v) is 5.11. The molecule has 5 heteroatoms. The zero-order valence-electron chi connectivity index (χ0n) is 20.3. The zero-order valence-corrected chi connectivity index (χ0v) is 20.3. The maximum absolute atomic E-state index is 13.0. The van der Waals surface area contributed by atoms with Gasteiger partial charge in [0.15, 0.2) is 0 Å². The molecule has 1 fully saturated rings. The molecule has 0 aliphatic carbocycles. The minimum absolute atomic E-state index is 0.164. The van der Waals surface area contributed by atoms with E-state index in [1.54, 1.807) is 12.1 Å². The van der Waals surface area contributed by atoms with Gasteiger partial charge in [-0.15, -0.1) is 0 Å². The fourth-order valence-electron chi connectivity index (χ4n) is 5.11. The Kier molecular flexibility index (Phi) is 6.78. The Labute approximate surface area is 206 Å². The lowest BCUT2D eigenvalue weighted by molar-refractivity contribution is 0.165. The molecule has 1 N–H and O–H groups in total. The van der Waals surface area contributed by atoms with Crippen molar-refractivity contribution in [3.63, 3.8) is 0 Å². The molecule has 5 rings (SSSR count). The summed E-state index contributed by atoms with van der Waals surface area (Å²) in [6.45, 7) is 6.31. The molecule has 3 aromatic rings. The number of benzene rings is 3. The summed E-state index contributed by atoms with van der Waals surface area (Å²) in [6.07, 6.45) is 0.653. The first-order chi connectivity index (χ1) is 17.0.